The quantitative estimate of drug-likeness (QED) is 0.699. The molecule has 1 unspecified atom stereocenters. The van der Waals surface area contributed by atoms with E-state index in [4.69, 9.17) is 0 Å². The van der Waals surface area contributed by atoms with Crippen LogP contribution in [0.15, 0.2) is 0 Å². The van der Waals surface area contributed by atoms with E-state index in [1.165, 1.54) is 45.1 Å². The molecule has 2 aliphatic rings. The molecule has 0 spiro atoms. The van der Waals surface area contributed by atoms with Crippen LogP contribution in [-0.4, -0.2) is 12.6 Å². The van der Waals surface area contributed by atoms with Gasteiger partial charge >= 0.3 is 0 Å². The molecule has 1 heteroatoms. The van der Waals surface area contributed by atoms with Gasteiger partial charge in [0.05, 0.1) is 0 Å². The molecule has 1 nitrogen and oxygen atoms in total. The largest absolute Gasteiger partial charge is 0.314 e. The minimum absolute atomic E-state index is 0.488. The lowest BCUT2D eigenvalue weighted by Crippen LogP contribution is -2.33. The average Bonchev–Trinajstić information content (AvgIpc) is 3.06. The maximum atomic E-state index is 3.80. The van der Waals surface area contributed by atoms with Gasteiger partial charge in [-0.1, -0.05) is 20.8 Å². The second kappa shape index (κ2) is 5.30. The molecule has 0 aromatic carbocycles. The molecule has 100 valence electrons. The maximum Gasteiger partial charge on any atom is 0.00390 e. The van der Waals surface area contributed by atoms with E-state index >= 15 is 0 Å². The van der Waals surface area contributed by atoms with Crippen molar-refractivity contribution in [3.63, 3.8) is 0 Å². The van der Waals surface area contributed by atoms with Gasteiger partial charge in [-0.05, 0) is 75.2 Å². The lowest BCUT2D eigenvalue weighted by Gasteiger charge is -2.24. The third-order valence-corrected chi connectivity index (χ3v) is 4.48. The summed E-state index contributed by atoms with van der Waals surface area (Å²) in [6.45, 7) is 10.7. The zero-order valence-corrected chi connectivity index (χ0v) is 12.3. The van der Waals surface area contributed by atoms with Gasteiger partial charge in [-0.2, -0.15) is 0 Å². The lowest BCUT2D eigenvalue weighted by molar-refractivity contribution is 0.313. The highest BCUT2D eigenvalue weighted by molar-refractivity contribution is 4.92. The van der Waals surface area contributed by atoms with Crippen LogP contribution in [0, 0.1) is 23.2 Å². The van der Waals surface area contributed by atoms with Gasteiger partial charge in [-0.15, -0.1) is 0 Å². The first kappa shape index (κ1) is 13.4. The molecule has 0 saturated heterocycles. The summed E-state index contributed by atoms with van der Waals surface area (Å²) in [4.78, 5) is 0. The maximum absolute atomic E-state index is 3.80. The van der Waals surface area contributed by atoms with E-state index in [9.17, 15) is 0 Å². The zero-order chi connectivity index (χ0) is 12.5. The summed E-state index contributed by atoms with van der Waals surface area (Å²) >= 11 is 0. The molecule has 17 heavy (non-hydrogen) atoms. The van der Waals surface area contributed by atoms with E-state index in [-0.39, 0.29) is 0 Å². The molecule has 2 fully saturated rings. The third-order valence-electron chi connectivity index (χ3n) is 4.48. The molecule has 2 aliphatic carbocycles. The highest BCUT2D eigenvalue weighted by Crippen LogP contribution is 2.48. The van der Waals surface area contributed by atoms with E-state index in [1.807, 2.05) is 0 Å². The fourth-order valence-electron chi connectivity index (χ4n) is 2.86. The van der Waals surface area contributed by atoms with E-state index in [2.05, 4.69) is 33.0 Å². The fraction of sp³-hybridized carbons (Fsp3) is 1.00. The van der Waals surface area contributed by atoms with Crippen LogP contribution in [0.5, 0.6) is 0 Å². The van der Waals surface area contributed by atoms with E-state index in [0.717, 1.165) is 17.8 Å². The minimum atomic E-state index is 0.488. The Morgan fingerprint density at radius 1 is 1.06 bits per heavy atom. The first-order chi connectivity index (χ1) is 7.96. The topological polar surface area (TPSA) is 12.0 Å². The Hall–Kier alpha value is -0.0400. The van der Waals surface area contributed by atoms with E-state index in [0.29, 0.717) is 11.5 Å². The SMILES string of the molecule is CC(CCC(C)(C)C)NCC(C1CC1)C1CC1. The van der Waals surface area contributed by atoms with Crippen LogP contribution in [0.3, 0.4) is 0 Å². The smallest absolute Gasteiger partial charge is 0.00390 e. The first-order valence-corrected chi connectivity index (χ1v) is 7.69. The average molecular weight is 237 g/mol. The summed E-state index contributed by atoms with van der Waals surface area (Å²) in [6, 6.07) is 0.703. The van der Waals surface area contributed by atoms with Gasteiger partial charge in [-0.25, -0.2) is 0 Å². The van der Waals surface area contributed by atoms with Crippen LogP contribution in [0.1, 0.15) is 66.2 Å². The number of hydrogen-bond donors (Lipinski definition) is 1. The highest BCUT2D eigenvalue weighted by atomic mass is 14.9. The van der Waals surface area contributed by atoms with Crippen molar-refractivity contribution in [2.45, 2.75) is 72.3 Å². The summed E-state index contributed by atoms with van der Waals surface area (Å²) in [5, 5.41) is 3.80. The summed E-state index contributed by atoms with van der Waals surface area (Å²) in [5.41, 5.74) is 0.488. The molecule has 1 N–H and O–H groups in total. The molecular weight excluding hydrogens is 206 g/mol. The van der Waals surface area contributed by atoms with Crippen molar-refractivity contribution in [3.8, 4) is 0 Å². The number of hydrogen-bond acceptors (Lipinski definition) is 1. The molecule has 0 aromatic rings. The van der Waals surface area contributed by atoms with Crippen LogP contribution >= 0.6 is 0 Å². The second-order valence-electron chi connectivity index (χ2n) is 7.75. The van der Waals surface area contributed by atoms with Crippen molar-refractivity contribution in [2.75, 3.05) is 6.54 Å². The van der Waals surface area contributed by atoms with E-state index in [1.54, 1.807) is 0 Å². The lowest BCUT2D eigenvalue weighted by atomic mass is 9.89. The van der Waals surface area contributed by atoms with Gasteiger partial charge in [0.2, 0.25) is 0 Å². The second-order valence-corrected chi connectivity index (χ2v) is 7.75. The summed E-state index contributed by atoms with van der Waals surface area (Å²) < 4.78 is 0. The highest BCUT2D eigenvalue weighted by Gasteiger charge is 2.40. The molecule has 0 heterocycles. The Morgan fingerprint density at radius 3 is 2.00 bits per heavy atom. The van der Waals surface area contributed by atoms with Gasteiger partial charge < -0.3 is 5.32 Å². The molecule has 0 aliphatic heterocycles. The van der Waals surface area contributed by atoms with Crippen molar-refractivity contribution < 1.29 is 0 Å². The standard InChI is InChI=1S/C16H31N/c1-12(9-10-16(2,3)4)17-11-15(13-5-6-13)14-7-8-14/h12-15,17H,5-11H2,1-4H3. The molecule has 0 amide bonds. The van der Waals surface area contributed by atoms with Crippen molar-refractivity contribution in [1.29, 1.82) is 0 Å². The van der Waals surface area contributed by atoms with Crippen LogP contribution in [-0.2, 0) is 0 Å². The van der Waals surface area contributed by atoms with Gasteiger partial charge in [-0.3, -0.25) is 0 Å². The molecule has 0 bridgehead atoms. The molecule has 0 aromatic heterocycles. The minimum Gasteiger partial charge on any atom is -0.314 e. The Kier molecular flexibility index (Phi) is 4.18. The van der Waals surface area contributed by atoms with Crippen LogP contribution in [0.2, 0.25) is 0 Å². The van der Waals surface area contributed by atoms with Gasteiger partial charge in [0.25, 0.3) is 0 Å². The predicted molar refractivity (Wildman–Crippen MR) is 75.1 cm³/mol. The summed E-state index contributed by atoms with van der Waals surface area (Å²) in [5.74, 6) is 3.20. The first-order valence-electron chi connectivity index (χ1n) is 7.69. The van der Waals surface area contributed by atoms with Gasteiger partial charge in [0.15, 0.2) is 0 Å². The molecule has 1 atom stereocenters. The van der Waals surface area contributed by atoms with E-state index < -0.39 is 0 Å². The monoisotopic (exact) mass is 237 g/mol. The van der Waals surface area contributed by atoms with Gasteiger partial charge in [0, 0.05) is 6.04 Å². The molecule has 2 saturated carbocycles. The summed E-state index contributed by atoms with van der Waals surface area (Å²) in [7, 11) is 0. The van der Waals surface area contributed by atoms with Crippen LogP contribution in [0.25, 0.3) is 0 Å². The van der Waals surface area contributed by atoms with Crippen molar-refractivity contribution in [1.82, 2.24) is 5.32 Å². The Morgan fingerprint density at radius 2 is 1.59 bits per heavy atom. The van der Waals surface area contributed by atoms with Crippen molar-refractivity contribution >= 4 is 0 Å². The van der Waals surface area contributed by atoms with Crippen LogP contribution < -0.4 is 5.32 Å². The van der Waals surface area contributed by atoms with Crippen molar-refractivity contribution in [3.05, 3.63) is 0 Å². The number of rotatable bonds is 7. The molecule has 0 radical (unpaired) electrons. The fourth-order valence-corrected chi connectivity index (χ4v) is 2.86. The molecule has 2 rings (SSSR count). The zero-order valence-electron chi connectivity index (χ0n) is 12.3. The predicted octanol–water partition coefficient (Wildman–Crippen LogP) is 4.23. The third kappa shape index (κ3) is 4.99. The Bertz CT molecular complexity index is 220. The van der Waals surface area contributed by atoms with Crippen LogP contribution in [0.4, 0.5) is 0 Å². The molecular formula is C16H31N. The Balaban J connectivity index is 1.62. The van der Waals surface area contributed by atoms with Gasteiger partial charge in [0.1, 0.15) is 0 Å². The van der Waals surface area contributed by atoms with Crippen molar-refractivity contribution in [2.24, 2.45) is 23.2 Å². The normalized spacial score (nSPS) is 23.1. The summed E-state index contributed by atoms with van der Waals surface area (Å²) in [6.07, 6.45) is 8.71. The Labute approximate surface area is 108 Å². The number of nitrogens with one attached hydrogen (secondary N) is 1.